The molecule has 3 aromatic carbocycles. The fourth-order valence-electron chi connectivity index (χ4n) is 2.62. The lowest BCUT2D eigenvalue weighted by Gasteiger charge is -2.11. The maximum atomic E-state index is 12.4. The molecule has 0 aliphatic heterocycles. The van der Waals surface area contributed by atoms with Crippen molar-refractivity contribution in [3.63, 3.8) is 0 Å². The number of nitrogens with two attached hydrogens (primary N) is 1. The number of phenols is 1. The highest BCUT2D eigenvalue weighted by atomic mass is 32.2. The molecule has 0 bridgehead atoms. The Balaban J connectivity index is 2.05. The van der Waals surface area contributed by atoms with E-state index in [-0.39, 0.29) is 27.1 Å². The van der Waals surface area contributed by atoms with E-state index < -0.39 is 16.0 Å². The largest absolute Gasteiger partial charge is 0.507 e. The Morgan fingerprint density at radius 3 is 2.46 bits per heavy atom. The van der Waals surface area contributed by atoms with Gasteiger partial charge in [-0.05, 0) is 36.8 Å². The van der Waals surface area contributed by atoms with Gasteiger partial charge in [0.05, 0.1) is 0 Å². The molecular formula is C18H16N2O5S. The number of phenolic OH excluding ortho intramolecular Hbond substituents is 1. The minimum Gasteiger partial charge on any atom is -0.507 e. The molecule has 0 aliphatic rings. The maximum absolute atomic E-state index is 12.4. The summed E-state index contributed by atoms with van der Waals surface area (Å²) < 4.78 is 32.5. The molecule has 0 aliphatic carbocycles. The summed E-state index contributed by atoms with van der Waals surface area (Å²) in [7, 11) is -4.49. The van der Waals surface area contributed by atoms with E-state index in [4.69, 9.17) is 5.73 Å². The van der Waals surface area contributed by atoms with E-state index in [2.05, 4.69) is 5.32 Å². The van der Waals surface area contributed by atoms with E-state index >= 15 is 0 Å². The standard InChI is InChI=1S/C18H16N2O5S/c1-10-5-6-11(7-15(10)19)18(22)20-12-8-14-13(16(21)9-12)3-2-4-17(14)26(23,24)25/h2-9,21H,19H2,1H3,(H,20,22)(H,23,24,25). The molecule has 8 heteroatoms. The predicted molar refractivity (Wildman–Crippen MR) is 99.0 cm³/mol. The van der Waals surface area contributed by atoms with Crippen molar-refractivity contribution in [2.75, 3.05) is 11.1 Å². The maximum Gasteiger partial charge on any atom is 0.295 e. The first-order valence-corrected chi connectivity index (χ1v) is 9.01. The molecule has 1 amide bonds. The molecule has 0 fully saturated rings. The number of anilines is 2. The normalized spacial score (nSPS) is 11.5. The van der Waals surface area contributed by atoms with E-state index in [1.54, 1.807) is 12.1 Å². The van der Waals surface area contributed by atoms with Gasteiger partial charge in [0.1, 0.15) is 10.6 Å². The Hall–Kier alpha value is -3.10. The first kappa shape index (κ1) is 17.7. The number of hydrogen-bond acceptors (Lipinski definition) is 5. The number of aromatic hydroxyl groups is 1. The number of nitrogens with one attached hydrogen (secondary N) is 1. The van der Waals surface area contributed by atoms with Crippen LogP contribution < -0.4 is 11.1 Å². The second-order valence-corrected chi connectivity index (χ2v) is 7.24. The fraction of sp³-hybridized carbons (Fsp3) is 0.0556. The third-order valence-electron chi connectivity index (χ3n) is 4.01. The molecule has 0 saturated carbocycles. The zero-order valence-corrected chi connectivity index (χ0v) is 14.5. The van der Waals surface area contributed by atoms with Gasteiger partial charge in [-0.2, -0.15) is 8.42 Å². The Bertz CT molecular complexity index is 1140. The van der Waals surface area contributed by atoms with Gasteiger partial charge in [0.2, 0.25) is 0 Å². The minimum atomic E-state index is -4.49. The van der Waals surface area contributed by atoms with Gasteiger partial charge in [0, 0.05) is 33.8 Å². The summed E-state index contributed by atoms with van der Waals surface area (Å²) in [6.45, 7) is 1.81. The summed E-state index contributed by atoms with van der Waals surface area (Å²) in [6.07, 6.45) is 0. The van der Waals surface area contributed by atoms with Crippen LogP contribution in [0.1, 0.15) is 15.9 Å². The number of benzene rings is 3. The van der Waals surface area contributed by atoms with Gasteiger partial charge in [-0.3, -0.25) is 9.35 Å². The molecule has 3 aromatic rings. The van der Waals surface area contributed by atoms with Crippen LogP contribution in [0.2, 0.25) is 0 Å². The van der Waals surface area contributed by atoms with E-state index in [1.165, 1.54) is 36.4 Å². The van der Waals surface area contributed by atoms with Crippen molar-refractivity contribution in [3.05, 3.63) is 59.7 Å². The number of fused-ring (bicyclic) bond motifs is 1. The van der Waals surface area contributed by atoms with Gasteiger partial charge in [-0.25, -0.2) is 0 Å². The second-order valence-electron chi connectivity index (χ2n) is 5.85. The molecule has 134 valence electrons. The average molecular weight is 372 g/mol. The number of rotatable bonds is 3. The van der Waals surface area contributed by atoms with E-state index in [9.17, 15) is 22.9 Å². The van der Waals surface area contributed by atoms with Crippen LogP contribution in [0.25, 0.3) is 10.8 Å². The molecular weight excluding hydrogens is 356 g/mol. The topological polar surface area (TPSA) is 130 Å². The van der Waals surface area contributed by atoms with Crippen molar-refractivity contribution < 1.29 is 22.9 Å². The van der Waals surface area contributed by atoms with Crippen LogP contribution in [0.3, 0.4) is 0 Å². The van der Waals surface area contributed by atoms with Crippen molar-refractivity contribution in [1.82, 2.24) is 0 Å². The molecule has 0 radical (unpaired) electrons. The Morgan fingerprint density at radius 2 is 1.81 bits per heavy atom. The van der Waals surface area contributed by atoms with Gasteiger partial charge in [0.15, 0.2) is 0 Å². The highest BCUT2D eigenvalue weighted by molar-refractivity contribution is 7.86. The summed E-state index contributed by atoms with van der Waals surface area (Å²) >= 11 is 0. The lowest BCUT2D eigenvalue weighted by atomic mass is 10.1. The number of amides is 1. The highest BCUT2D eigenvalue weighted by Gasteiger charge is 2.17. The van der Waals surface area contributed by atoms with Crippen LogP contribution in [-0.4, -0.2) is 24.0 Å². The monoisotopic (exact) mass is 372 g/mol. The van der Waals surface area contributed by atoms with Gasteiger partial charge in [0.25, 0.3) is 16.0 Å². The van der Waals surface area contributed by atoms with Gasteiger partial charge in [-0.15, -0.1) is 0 Å². The molecule has 0 atom stereocenters. The fourth-order valence-corrected chi connectivity index (χ4v) is 3.32. The molecule has 5 N–H and O–H groups in total. The smallest absolute Gasteiger partial charge is 0.295 e. The van der Waals surface area contributed by atoms with Crippen LogP contribution in [0, 0.1) is 6.92 Å². The Kier molecular flexibility index (Phi) is 4.31. The lowest BCUT2D eigenvalue weighted by molar-refractivity contribution is 0.102. The number of hydrogen-bond donors (Lipinski definition) is 4. The quantitative estimate of drug-likeness (QED) is 0.413. The van der Waals surface area contributed by atoms with Crippen molar-refractivity contribution >= 4 is 38.2 Å². The van der Waals surface area contributed by atoms with Crippen LogP contribution >= 0.6 is 0 Å². The number of aryl methyl sites for hydroxylation is 1. The predicted octanol–water partition coefficient (Wildman–Crippen LogP) is 2.94. The molecule has 3 rings (SSSR count). The molecule has 0 saturated heterocycles. The molecule has 0 aromatic heterocycles. The SMILES string of the molecule is Cc1ccc(C(=O)Nc2cc(O)c3cccc(S(=O)(=O)O)c3c2)cc1N. The van der Waals surface area contributed by atoms with Crippen LogP contribution in [0.5, 0.6) is 5.75 Å². The van der Waals surface area contributed by atoms with Gasteiger partial charge < -0.3 is 16.2 Å². The zero-order valence-electron chi connectivity index (χ0n) is 13.7. The first-order valence-electron chi connectivity index (χ1n) is 7.57. The highest BCUT2D eigenvalue weighted by Crippen LogP contribution is 2.33. The molecule has 7 nitrogen and oxygen atoms in total. The van der Waals surface area contributed by atoms with E-state index in [1.807, 2.05) is 6.92 Å². The molecule has 26 heavy (non-hydrogen) atoms. The summed E-state index contributed by atoms with van der Waals surface area (Å²) in [6, 6.07) is 11.6. The van der Waals surface area contributed by atoms with Crippen molar-refractivity contribution in [1.29, 1.82) is 0 Å². The van der Waals surface area contributed by atoms with Crippen molar-refractivity contribution in [2.24, 2.45) is 0 Å². The van der Waals surface area contributed by atoms with E-state index in [0.29, 0.717) is 11.3 Å². The summed E-state index contributed by atoms with van der Waals surface area (Å²) in [5, 5.41) is 13.1. The van der Waals surface area contributed by atoms with Gasteiger partial charge >= 0.3 is 0 Å². The first-order chi connectivity index (χ1) is 12.2. The Morgan fingerprint density at radius 1 is 1.08 bits per heavy atom. The number of nitrogen functional groups attached to an aromatic ring is 1. The Labute approximate surface area is 149 Å². The second kappa shape index (κ2) is 6.32. The third-order valence-corrected chi connectivity index (χ3v) is 4.92. The summed E-state index contributed by atoms with van der Waals surface area (Å²) in [4.78, 5) is 12.0. The minimum absolute atomic E-state index is 0.0914. The van der Waals surface area contributed by atoms with Crippen LogP contribution in [0.4, 0.5) is 11.4 Å². The number of carbonyl (C=O) groups excluding carboxylic acids is 1. The van der Waals surface area contributed by atoms with Crippen LogP contribution in [0.15, 0.2) is 53.4 Å². The lowest BCUT2D eigenvalue weighted by Crippen LogP contribution is -2.12. The average Bonchev–Trinajstić information content (AvgIpc) is 2.56. The van der Waals surface area contributed by atoms with Crippen LogP contribution in [-0.2, 0) is 10.1 Å². The van der Waals surface area contributed by atoms with E-state index in [0.717, 1.165) is 5.56 Å². The zero-order chi connectivity index (χ0) is 19.1. The number of carbonyl (C=O) groups is 1. The van der Waals surface area contributed by atoms with Gasteiger partial charge in [-0.1, -0.05) is 18.2 Å². The van der Waals surface area contributed by atoms with Crippen molar-refractivity contribution in [3.8, 4) is 5.75 Å². The van der Waals surface area contributed by atoms with Crippen molar-refractivity contribution in [2.45, 2.75) is 11.8 Å². The summed E-state index contributed by atoms with van der Waals surface area (Å²) in [5.41, 5.74) is 7.60. The third kappa shape index (κ3) is 3.32. The molecule has 0 spiro atoms. The molecule has 0 heterocycles. The summed E-state index contributed by atoms with van der Waals surface area (Å²) in [5.74, 6) is -0.702. The molecule has 0 unspecified atom stereocenters.